The van der Waals surface area contributed by atoms with Crippen LogP contribution in [-0.2, 0) is 0 Å². The number of amides is 1. The summed E-state index contributed by atoms with van der Waals surface area (Å²) < 4.78 is 0.801. The lowest BCUT2D eigenvalue weighted by Gasteiger charge is -2.15. The number of thiophene rings is 1. The van der Waals surface area contributed by atoms with Gasteiger partial charge in [0.2, 0.25) is 5.95 Å². The molecule has 2 aromatic rings. The lowest BCUT2D eigenvalue weighted by atomic mass is 10.2. The number of nitrogens with one attached hydrogen (secondary N) is 2. The van der Waals surface area contributed by atoms with Gasteiger partial charge in [-0.25, -0.2) is 9.97 Å². The Labute approximate surface area is 144 Å². The van der Waals surface area contributed by atoms with Crippen LogP contribution >= 0.6 is 11.3 Å². The third-order valence-corrected chi connectivity index (χ3v) is 4.60. The van der Waals surface area contributed by atoms with Crippen molar-refractivity contribution in [3.05, 3.63) is 41.6 Å². The Morgan fingerprint density at radius 1 is 1.50 bits per heavy atom. The molecule has 1 fully saturated rings. The maximum Gasteiger partial charge on any atom is 0.271 e. The molecule has 2 heterocycles. The van der Waals surface area contributed by atoms with Gasteiger partial charge in [0.05, 0.1) is 22.0 Å². The number of aliphatic imine (C=N–C) groups is 1. The van der Waals surface area contributed by atoms with E-state index in [9.17, 15) is 4.79 Å². The topological polar surface area (TPSA) is 79.3 Å². The van der Waals surface area contributed by atoms with Crippen LogP contribution in [-0.4, -0.2) is 34.7 Å². The van der Waals surface area contributed by atoms with Gasteiger partial charge in [0, 0.05) is 6.04 Å². The van der Waals surface area contributed by atoms with Crippen molar-refractivity contribution in [3.63, 3.8) is 0 Å². The molecule has 1 aliphatic carbocycles. The molecule has 0 aliphatic heterocycles. The van der Waals surface area contributed by atoms with Crippen molar-refractivity contribution in [2.24, 2.45) is 4.99 Å². The number of rotatable bonds is 7. The summed E-state index contributed by atoms with van der Waals surface area (Å²) >= 11 is 1.47. The van der Waals surface area contributed by atoms with Crippen molar-refractivity contribution >= 4 is 40.1 Å². The fourth-order valence-corrected chi connectivity index (χ4v) is 3.10. The second kappa shape index (κ2) is 6.92. The number of nitrogens with zero attached hydrogens (tertiary/aromatic N) is 3. The van der Waals surface area contributed by atoms with Crippen LogP contribution in [0.1, 0.15) is 30.3 Å². The van der Waals surface area contributed by atoms with Crippen molar-refractivity contribution < 1.29 is 4.79 Å². The van der Waals surface area contributed by atoms with E-state index in [-0.39, 0.29) is 18.0 Å². The first kappa shape index (κ1) is 16.3. The van der Waals surface area contributed by atoms with Crippen LogP contribution in [0.4, 0.5) is 5.95 Å². The molecule has 0 radical (unpaired) electrons. The first-order chi connectivity index (χ1) is 11.6. The molecule has 24 heavy (non-hydrogen) atoms. The van der Waals surface area contributed by atoms with Gasteiger partial charge in [-0.05, 0) is 44.0 Å². The predicted molar refractivity (Wildman–Crippen MR) is 98.8 cm³/mol. The van der Waals surface area contributed by atoms with E-state index in [0.29, 0.717) is 11.6 Å². The highest BCUT2D eigenvalue weighted by Gasteiger charge is 2.26. The van der Waals surface area contributed by atoms with Gasteiger partial charge in [-0.15, -0.1) is 11.3 Å². The van der Waals surface area contributed by atoms with E-state index < -0.39 is 0 Å². The van der Waals surface area contributed by atoms with Crippen molar-refractivity contribution in [2.45, 2.75) is 31.8 Å². The highest BCUT2D eigenvalue weighted by molar-refractivity contribution is 7.17. The van der Waals surface area contributed by atoms with Crippen molar-refractivity contribution in [1.29, 1.82) is 0 Å². The zero-order valence-electron chi connectivity index (χ0n) is 13.5. The van der Waals surface area contributed by atoms with Crippen LogP contribution < -0.4 is 10.6 Å². The second-order valence-corrected chi connectivity index (χ2v) is 6.55. The van der Waals surface area contributed by atoms with Gasteiger partial charge in [0.25, 0.3) is 5.91 Å². The molecule has 1 amide bonds. The maximum absolute atomic E-state index is 12.5. The molecule has 0 saturated heterocycles. The molecular weight excluding hydrogens is 322 g/mol. The van der Waals surface area contributed by atoms with Crippen molar-refractivity contribution in [2.75, 3.05) is 5.32 Å². The van der Waals surface area contributed by atoms with E-state index in [1.165, 1.54) is 11.3 Å². The third-order valence-electron chi connectivity index (χ3n) is 3.69. The molecule has 3 rings (SSSR count). The Balaban J connectivity index is 1.90. The van der Waals surface area contributed by atoms with E-state index in [4.69, 9.17) is 0 Å². The Hall–Kier alpha value is -2.54. The molecule has 124 valence electrons. The summed E-state index contributed by atoms with van der Waals surface area (Å²) in [6.45, 7) is 9.15. The van der Waals surface area contributed by atoms with Gasteiger partial charge in [-0.1, -0.05) is 12.7 Å². The molecule has 1 aliphatic rings. The molecule has 7 heteroatoms. The minimum absolute atomic E-state index is 0.147. The van der Waals surface area contributed by atoms with Gasteiger partial charge in [-0.2, -0.15) is 0 Å². The monoisotopic (exact) mass is 341 g/mol. The average molecular weight is 341 g/mol. The molecule has 2 aromatic heterocycles. The fourth-order valence-electron chi connectivity index (χ4n) is 2.29. The summed E-state index contributed by atoms with van der Waals surface area (Å²) in [5.41, 5.74) is 1.90. The average Bonchev–Trinajstić information content (AvgIpc) is 3.25. The van der Waals surface area contributed by atoms with Crippen LogP contribution in [0.2, 0.25) is 0 Å². The number of hydrogen-bond acceptors (Lipinski definition) is 6. The largest absolute Gasteiger partial charge is 0.348 e. The predicted octanol–water partition coefficient (Wildman–Crippen LogP) is 3.15. The number of anilines is 1. The van der Waals surface area contributed by atoms with Gasteiger partial charge >= 0.3 is 0 Å². The molecule has 6 nitrogen and oxygen atoms in total. The molecular formula is C17H19N5OS. The summed E-state index contributed by atoms with van der Waals surface area (Å²) in [6, 6.07) is 2.01. The number of hydrogen-bond donors (Lipinski definition) is 2. The fraction of sp³-hybridized carbons (Fsp3) is 0.294. The van der Waals surface area contributed by atoms with Crippen LogP contribution in [0, 0.1) is 0 Å². The van der Waals surface area contributed by atoms with Crippen molar-refractivity contribution in [1.82, 2.24) is 15.3 Å². The first-order valence-corrected chi connectivity index (χ1v) is 8.62. The Bertz CT molecular complexity index is 821. The number of aromatic nitrogens is 2. The Morgan fingerprint density at radius 2 is 2.29 bits per heavy atom. The summed E-state index contributed by atoms with van der Waals surface area (Å²) in [5, 5.41) is 8.07. The molecule has 1 unspecified atom stereocenters. The van der Waals surface area contributed by atoms with E-state index in [1.54, 1.807) is 12.2 Å². The van der Waals surface area contributed by atoms with Gasteiger partial charge in [0.15, 0.2) is 5.69 Å². The van der Waals surface area contributed by atoms with Crippen molar-refractivity contribution in [3.8, 4) is 0 Å². The van der Waals surface area contributed by atoms with Crippen LogP contribution in [0.5, 0.6) is 0 Å². The zero-order chi connectivity index (χ0) is 17.1. The highest BCUT2D eigenvalue weighted by atomic mass is 32.1. The lowest BCUT2D eigenvalue weighted by molar-refractivity contribution is 0.0948. The van der Waals surface area contributed by atoms with Crippen LogP contribution in [0.3, 0.4) is 0 Å². The van der Waals surface area contributed by atoms with E-state index in [1.807, 2.05) is 18.4 Å². The molecule has 0 spiro atoms. The molecule has 1 atom stereocenters. The van der Waals surface area contributed by atoms with Crippen LogP contribution in [0.15, 0.2) is 40.9 Å². The number of fused-ring (bicyclic) bond motifs is 1. The normalized spacial score (nSPS) is 15.8. The molecule has 2 N–H and O–H groups in total. The maximum atomic E-state index is 12.5. The highest BCUT2D eigenvalue weighted by Crippen LogP contribution is 2.26. The minimum Gasteiger partial charge on any atom is -0.348 e. The lowest BCUT2D eigenvalue weighted by Crippen LogP contribution is -2.27. The van der Waals surface area contributed by atoms with Crippen LogP contribution in [0.25, 0.3) is 10.2 Å². The quantitative estimate of drug-likeness (QED) is 0.599. The standard InChI is InChI=1S/C17H19N5OS/c1-4-5-12(18-3)10(2)19-17-21-13-8-9-24-15(13)14(22-17)16(23)20-11-6-7-11/h4-5,8-11H,1,3,6-7H2,2H3,(H,20,23)(H,19,21,22)/b12-5-. The summed E-state index contributed by atoms with van der Waals surface area (Å²) in [7, 11) is 0. The summed E-state index contributed by atoms with van der Waals surface area (Å²) in [5.74, 6) is 0.250. The molecule has 0 bridgehead atoms. The molecule has 1 saturated carbocycles. The number of allylic oxidation sites excluding steroid dienone is 2. The number of carbonyl (C=O) groups is 1. The number of carbonyl (C=O) groups excluding carboxylic acids is 1. The first-order valence-electron chi connectivity index (χ1n) is 7.74. The van der Waals surface area contributed by atoms with E-state index >= 15 is 0 Å². The summed E-state index contributed by atoms with van der Waals surface area (Å²) in [6.07, 6.45) is 5.49. The summed E-state index contributed by atoms with van der Waals surface area (Å²) in [4.78, 5) is 25.4. The Morgan fingerprint density at radius 3 is 2.96 bits per heavy atom. The second-order valence-electron chi connectivity index (χ2n) is 5.63. The van der Waals surface area contributed by atoms with Gasteiger partial charge in [0.1, 0.15) is 0 Å². The minimum atomic E-state index is -0.157. The zero-order valence-corrected chi connectivity index (χ0v) is 14.3. The third kappa shape index (κ3) is 3.51. The SMILES string of the molecule is C=C/C=C(\N=C)C(C)Nc1nc(C(=O)NC2CC2)c2sccc2n1. The van der Waals surface area contributed by atoms with Gasteiger partial charge < -0.3 is 10.6 Å². The Kier molecular flexibility index (Phi) is 4.71. The smallest absolute Gasteiger partial charge is 0.271 e. The van der Waals surface area contributed by atoms with E-state index in [2.05, 4.69) is 38.9 Å². The van der Waals surface area contributed by atoms with E-state index in [0.717, 1.165) is 28.8 Å². The molecule has 0 aromatic carbocycles. The van der Waals surface area contributed by atoms with Gasteiger partial charge in [-0.3, -0.25) is 9.79 Å².